The van der Waals surface area contributed by atoms with Crippen molar-refractivity contribution in [1.29, 1.82) is 0 Å². The Morgan fingerprint density at radius 1 is 1.57 bits per heavy atom. The van der Waals surface area contributed by atoms with E-state index in [1.165, 1.54) is 12.1 Å². The third kappa shape index (κ3) is 1.15. The zero-order valence-electron chi connectivity index (χ0n) is 7.23. The zero-order chi connectivity index (χ0) is 10.1. The van der Waals surface area contributed by atoms with Crippen LogP contribution in [0.15, 0.2) is 23.2 Å². The van der Waals surface area contributed by atoms with Crippen LogP contribution in [0.4, 0.5) is 5.69 Å². The minimum atomic E-state index is -0.438. The van der Waals surface area contributed by atoms with Crippen LogP contribution in [0.5, 0.6) is 0 Å². The van der Waals surface area contributed by atoms with Gasteiger partial charge in [-0.2, -0.15) is 0 Å². The fraction of sp³-hybridized carbons (Fsp3) is 0.100. The van der Waals surface area contributed by atoms with Gasteiger partial charge in [0.05, 0.1) is 11.5 Å². The van der Waals surface area contributed by atoms with Gasteiger partial charge in [0.1, 0.15) is 5.71 Å². The number of hydrogen-bond donors (Lipinski definition) is 0. The highest BCUT2D eigenvalue weighted by Gasteiger charge is 2.17. The quantitative estimate of drug-likeness (QED) is 0.379. The molecule has 0 radical (unpaired) electrons. The molecular formula is C10H6N2O2. The summed E-state index contributed by atoms with van der Waals surface area (Å²) in [7, 11) is 0. The van der Waals surface area contributed by atoms with E-state index >= 15 is 0 Å². The number of nitro benzene ring substituents is 1. The number of terminal acetylenes is 1. The first-order chi connectivity index (χ1) is 6.72. The summed E-state index contributed by atoms with van der Waals surface area (Å²) in [6, 6.07) is 4.64. The van der Waals surface area contributed by atoms with Crippen molar-refractivity contribution in [2.45, 2.75) is 6.54 Å². The molecule has 14 heavy (non-hydrogen) atoms. The summed E-state index contributed by atoms with van der Waals surface area (Å²) in [5.74, 6) is 2.41. The van der Waals surface area contributed by atoms with E-state index < -0.39 is 4.92 Å². The van der Waals surface area contributed by atoms with Crippen LogP contribution < -0.4 is 0 Å². The zero-order valence-corrected chi connectivity index (χ0v) is 7.23. The van der Waals surface area contributed by atoms with Gasteiger partial charge in [-0.15, -0.1) is 6.42 Å². The lowest BCUT2D eigenvalue weighted by Gasteiger charge is -1.97. The van der Waals surface area contributed by atoms with Gasteiger partial charge in [0.25, 0.3) is 5.69 Å². The predicted molar refractivity (Wildman–Crippen MR) is 52.2 cm³/mol. The Bertz CT molecular complexity index is 483. The van der Waals surface area contributed by atoms with Crippen LogP contribution >= 0.6 is 0 Å². The van der Waals surface area contributed by atoms with E-state index in [1.54, 1.807) is 6.07 Å². The van der Waals surface area contributed by atoms with Crippen LogP contribution in [0, 0.1) is 22.5 Å². The van der Waals surface area contributed by atoms with E-state index in [2.05, 4.69) is 10.9 Å². The highest BCUT2D eigenvalue weighted by atomic mass is 16.6. The second-order valence-corrected chi connectivity index (χ2v) is 2.91. The first-order valence-electron chi connectivity index (χ1n) is 4.01. The van der Waals surface area contributed by atoms with E-state index in [0.717, 1.165) is 5.56 Å². The topological polar surface area (TPSA) is 55.5 Å². The number of aliphatic imine (C=N–C) groups is 1. The summed E-state index contributed by atoms with van der Waals surface area (Å²) >= 11 is 0. The van der Waals surface area contributed by atoms with Gasteiger partial charge in [-0.1, -0.05) is 5.92 Å². The summed E-state index contributed by atoms with van der Waals surface area (Å²) in [5.41, 5.74) is 2.21. The van der Waals surface area contributed by atoms with Crippen LogP contribution in [0.3, 0.4) is 0 Å². The molecule has 0 fully saturated rings. The van der Waals surface area contributed by atoms with Crippen molar-refractivity contribution in [1.82, 2.24) is 0 Å². The highest BCUT2D eigenvalue weighted by Crippen LogP contribution is 2.23. The number of rotatable bonds is 1. The van der Waals surface area contributed by atoms with Crippen molar-refractivity contribution in [2.75, 3.05) is 0 Å². The Morgan fingerprint density at radius 2 is 2.36 bits per heavy atom. The number of nitro groups is 1. The SMILES string of the molecule is C#CC1=NCc2ccc([N+](=O)[O-])cc21. The van der Waals surface area contributed by atoms with E-state index in [-0.39, 0.29) is 5.69 Å². The fourth-order valence-electron chi connectivity index (χ4n) is 1.41. The van der Waals surface area contributed by atoms with E-state index in [0.29, 0.717) is 17.8 Å². The van der Waals surface area contributed by atoms with Crippen LogP contribution in [0.1, 0.15) is 11.1 Å². The molecule has 1 aromatic carbocycles. The molecule has 0 unspecified atom stereocenters. The lowest BCUT2D eigenvalue weighted by molar-refractivity contribution is -0.384. The summed E-state index contributed by atoms with van der Waals surface area (Å²) in [4.78, 5) is 14.2. The van der Waals surface area contributed by atoms with Crippen molar-refractivity contribution >= 4 is 11.4 Å². The number of fused-ring (bicyclic) bond motifs is 1. The lowest BCUT2D eigenvalue weighted by atomic mass is 10.1. The molecule has 0 aromatic heterocycles. The van der Waals surface area contributed by atoms with Crippen LogP contribution in [-0.4, -0.2) is 10.6 Å². The standard InChI is InChI=1S/C10H6N2O2/c1-2-10-9-5-8(12(13)14)4-3-7(9)6-11-10/h1,3-5H,6H2. The van der Waals surface area contributed by atoms with Crippen molar-refractivity contribution in [2.24, 2.45) is 4.99 Å². The molecule has 2 rings (SSSR count). The molecule has 1 aromatic rings. The molecule has 0 spiro atoms. The predicted octanol–water partition coefficient (Wildman–Crippen LogP) is 1.53. The third-order valence-electron chi connectivity index (χ3n) is 2.10. The van der Waals surface area contributed by atoms with Crippen molar-refractivity contribution in [3.8, 4) is 12.3 Å². The molecule has 0 atom stereocenters. The Labute approximate surface area is 80.4 Å². The monoisotopic (exact) mass is 186 g/mol. The fourth-order valence-corrected chi connectivity index (χ4v) is 1.41. The molecule has 0 amide bonds. The van der Waals surface area contributed by atoms with Crippen LogP contribution in [0.2, 0.25) is 0 Å². The highest BCUT2D eigenvalue weighted by molar-refractivity contribution is 6.15. The van der Waals surface area contributed by atoms with Gasteiger partial charge in [0.15, 0.2) is 0 Å². The molecule has 1 heterocycles. The van der Waals surface area contributed by atoms with Crippen molar-refractivity contribution < 1.29 is 4.92 Å². The van der Waals surface area contributed by atoms with Gasteiger partial charge in [0, 0.05) is 17.7 Å². The van der Waals surface area contributed by atoms with E-state index in [1.807, 2.05) is 0 Å². The van der Waals surface area contributed by atoms with Crippen LogP contribution in [-0.2, 0) is 6.54 Å². The van der Waals surface area contributed by atoms with E-state index in [9.17, 15) is 10.1 Å². The summed E-state index contributed by atoms with van der Waals surface area (Å²) < 4.78 is 0. The van der Waals surface area contributed by atoms with Crippen molar-refractivity contribution in [3.63, 3.8) is 0 Å². The first-order valence-corrected chi connectivity index (χ1v) is 4.01. The molecule has 1 aliphatic rings. The molecular weight excluding hydrogens is 180 g/mol. The maximum Gasteiger partial charge on any atom is 0.270 e. The Balaban J connectivity index is 2.55. The minimum Gasteiger partial charge on any atom is -0.271 e. The number of benzene rings is 1. The Morgan fingerprint density at radius 3 is 3.00 bits per heavy atom. The summed E-state index contributed by atoms with van der Waals surface area (Å²) in [6.45, 7) is 0.521. The molecule has 68 valence electrons. The molecule has 0 aliphatic carbocycles. The molecule has 0 bridgehead atoms. The molecule has 0 saturated carbocycles. The number of hydrogen-bond acceptors (Lipinski definition) is 3. The van der Waals surface area contributed by atoms with E-state index in [4.69, 9.17) is 6.42 Å². The maximum absolute atomic E-state index is 10.5. The van der Waals surface area contributed by atoms with Gasteiger partial charge in [-0.05, 0) is 11.6 Å². The normalized spacial score (nSPS) is 12.9. The second-order valence-electron chi connectivity index (χ2n) is 2.91. The average molecular weight is 186 g/mol. The first kappa shape index (κ1) is 8.45. The third-order valence-corrected chi connectivity index (χ3v) is 2.10. The largest absolute Gasteiger partial charge is 0.271 e. The van der Waals surface area contributed by atoms with Gasteiger partial charge in [0.2, 0.25) is 0 Å². The molecule has 0 saturated heterocycles. The van der Waals surface area contributed by atoms with Crippen molar-refractivity contribution in [3.05, 3.63) is 39.4 Å². The summed E-state index contributed by atoms with van der Waals surface area (Å²) in [5, 5.41) is 10.5. The lowest BCUT2D eigenvalue weighted by Crippen LogP contribution is -1.96. The van der Waals surface area contributed by atoms with Gasteiger partial charge in [-0.3, -0.25) is 15.1 Å². The van der Waals surface area contributed by atoms with Gasteiger partial charge >= 0.3 is 0 Å². The van der Waals surface area contributed by atoms with Gasteiger partial charge < -0.3 is 0 Å². The molecule has 4 nitrogen and oxygen atoms in total. The number of nitrogens with zero attached hydrogens (tertiary/aromatic N) is 2. The average Bonchev–Trinajstić information content (AvgIpc) is 2.59. The molecule has 0 N–H and O–H groups in total. The maximum atomic E-state index is 10.5. The van der Waals surface area contributed by atoms with Gasteiger partial charge in [-0.25, -0.2) is 0 Å². The molecule has 4 heteroatoms. The van der Waals surface area contributed by atoms with Crippen LogP contribution in [0.25, 0.3) is 0 Å². The second kappa shape index (κ2) is 2.96. The molecule has 1 aliphatic heterocycles. The Kier molecular flexibility index (Phi) is 1.79. The minimum absolute atomic E-state index is 0.0496. The smallest absolute Gasteiger partial charge is 0.270 e. The number of non-ortho nitro benzene ring substituents is 1. The summed E-state index contributed by atoms with van der Waals surface area (Å²) in [6.07, 6.45) is 5.22. The Hall–Kier alpha value is -2.15.